The Morgan fingerprint density at radius 3 is 2.64 bits per heavy atom. The molecule has 0 aromatic rings. The number of ketones is 2. The molecule has 0 aromatic heterocycles. The fourth-order valence-corrected chi connectivity index (χ4v) is 1.85. The Morgan fingerprint density at radius 1 is 1.64 bits per heavy atom. The lowest BCUT2D eigenvalue weighted by molar-refractivity contribution is -0.551. The van der Waals surface area contributed by atoms with Crippen molar-refractivity contribution < 1.29 is 14.5 Å². The van der Waals surface area contributed by atoms with Crippen molar-refractivity contribution >= 4 is 11.6 Å². The zero-order chi connectivity index (χ0) is 10.8. The van der Waals surface area contributed by atoms with Crippen LogP contribution in [0.2, 0.25) is 0 Å². The van der Waals surface area contributed by atoms with Gasteiger partial charge in [0.15, 0.2) is 0 Å². The summed E-state index contributed by atoms with van der Waals surface area (Å²) in [6, 6.07) is 0. The number of hydrogen-bond acceptors (Lipinski definition) is 4. The molecule has 5 nitrogen and oxygen atoms in total. The molecule has 0 aliphatic heterocycles. The summed E-state index contributed by atoms with van der Waals surface area (Å²) >= 11 is 0. The van der Waals surface area contributed by atoms with Gasteiger partial charge >= 0.3 is 0 Å². The van der Waals surface area contributed by atoms with Crippen LogP contribution < -0.4 is 0 Å². The van der Waals surface area contributed by atoms with Crippen LogP contribution in [-0.4, -0.2) is 22.0 Å². The molecular formula is C9H13NO4. The molecule has 14 heavy (non-hydrogen) atoms. The number of carbonyl (C=O) groups excluding carboxylic acids is 2. The first-order chi connectivity index (χ1) is 6.49. The van der Waals surface area contributed by atoms with Gasteiger partial charge in [0.2, 0.25) is 5.78 Å². The quantitative estimate of drug-likeness (QED) is 0.502. The highest BCUT2D eigenvalue weighted by Gasteiger charge is 2.52. The maximum absolute atomic E-state index is 11.4. The van der Waals surface area contributed by atoms with Crippen molar-refractivity contribution in [2.45, 2.75) is 44.6 Å². The average molecular weight is 199 g/mol. The van der Waals surface area contributed by atoms with Crippen molar-refractivity contribution in [2.24, 2.45) is 0 Å². The molecule has 0 N–H and O–H groups in total. The minimum atomic E-state index is -1.45. The predicted octanol–water partition coefficient (Wildman–Crippen LogP) is 1.12. The Labute approximate surface area is 81.6 Å². The van der Waals surface area contributed by atoms with Crippen LogP contribution in [0.4, 0.5) is 0 Å². The van der Waals surface area contributed by atoms with Crippen LogP contribution in [0.5, 0.6) is 0 Å². The molecule has 0 saturated heterocycles. The van der Waals surface area contributed by atoms with E-state index in [1.54, 1.807) is 0 Å². The Balaban J connectivity index is 2.77. The van der Waals surface area contributed by atoms with Crippen LogP contribution in [0, 0.1) is 10.1 Å². The largest absolute Gasteiger partial charge is 0.300 e. The van der Waals surface area contributed by atoms with E-state index in [-0.39, 0.29) is 37.2 Å². The van der Waals surface area contributed by atoms with E-state index >= 15 is 0 Å². The lowest BCUT2D eigenvalue weighted by atomic mass is 9.90. The molecule has 0 aromatic carbocycles. The molecule has 1 fully saturated rings. The Bertz CT molecular complexity index is 287. The molecule has 1 unspecified atom stereocenters. The Kier molecular flexibility index (Phi) is 2.98. The van der Waals surface area contributed by atoms with Crippen LogP contribution in [0.1, 0.15) is 39.0 Å². The lowest BCUT2D eigenvalue weighted by Crippen LogP contribution is -2.42. The first-order valence-corrected chi connectivity index (χ1v) is 4.66. The summed E-state index contributed by atoms with van der Waals surface area (Å²) in [7, 11) is 0. The van der Waals surface area contributed by atoms with Crippen LogP contribution >= 0.6 is 0 Å². The molecule has 1 saturated carbocycles. The second-order valence-corrected chi connectivity index (χ2v) is 3.77. The van der Waals surface area contributed by atoms with Crippen molar-refractivity contribution in [2.75, 3.05) is 0 Å². The average Bonchev–Trinajstić information content (AvgIpc) is 2.44. The molecule has 0 radical (unpaired) electrons. The number of hydrogen-bond donors (Lipinski definition) is 0. The monoisotopic (exact) mass is 199 g/mol. The standard InChI is InChI=1S/C9H13NO4/c1-7(11)4-6-9(10(13)14)5-2-3-8(9)12/h2-6H2,1H3. The van der Waals surface area contributed by atoms with Crippen molar-refractivity contribution in [3.8, 4) is 0 Å². The maximum atomic E-state index is 11.4. The zero-order valence-electron chi connectivity index (χ0n) is 8.12. The minimum absolute atomic E-state index is 0.0637. The van der Waals surface area contributed by atoms with Gasteiger partial charge in [-0.25, -0.2) is 0 Å². The summed E-state index contributed by atoms with van der Waals surface area (Å²) in [5, 5.41) is 10.8. The molecule has 0 spiro atoms. The summed E-state index contributed by atoms with van der Waals surface area (Å²) < 4.78 is 0. The van der Waals surface area contributed by atoms with Crippen LogP contribution in [-0.2, 0) is 9.59 Å². The summed E-state index contributed by atoms with van der Waals surface area (Å²) in [5.74, 6) is -0.422. The minimum Gasteiger partial charge on any atom is -0.300 e. The van der Waals surface area contributed by atoms with Gasteiger partial charge in [-0.1, -0.05) is 0 Å². The topological polar surface area (TPSA) is 77.3 Å². The number of carbonyl (C=O) groups is 2. The highest BCUT2D eigenvalue weighted by atomic mass is 16.6. The fraction of sp³-hybridized carbons (Fsp3) is 0.778. The third-order valence-electron chi connectivity index (χ3n) is 2.75. The molecule has 1 aliphatic rings. The molecule has 0 bridgehead atoms. The second-order valence-electron chi connectivity index (χ2n) is 3.77. The zero-order valence-corrected chi connectivity index (χ0v) is 8.12. The van der Waals surface area contributed by atoms with Crippen molar-refractivity contribution in [3.63, 3.8) is 0 Å². The smallest absolute Gasteiger partial charge is 0.279 e. The van der Waals surface area contributed by atoms with Gasteiger partial charge in [-0.2, -0.15) is 0 Å². The first-order valence-electron chi connectivity index (χ1n) is 4.66. The van der Waals surface area contributed by atoms with Crippen molar-refractivity contribution in [1.82, 2.24) is 0 Å². The van der Waals surface area contributed by atoms with E-state index in [2.05, 4.69) is 0 Å². The molecule has 78 valence electrons. The van der Waals surface area contributed by atoms with E-state index in [0.29, 0.717) is 6.42 Å². The molecule has 0 heterocycles. The van der Waals surface area contributed by atoms with Gasteiger partial charge in [-0.15, -0.1) is 0 Å². The third kappa shape index (κ3) is 1.81. The van der Waals surface area contributed by atoms with E-state index in [1.165, 1.54) is 6.92 Å². The highest BCUT2D eigenvalue weighted by Crippen LogP contribution is 2.33. The van der Waals surface area contributed by atoms with Gasteiger partial charge in [0.1, 0.15) is 5.78 Å². The van der Waals surface area contributed by atoms with Crippen molar-refractivity contribution in [3.05, 3.63) is 10.1 Å². The van der Waals surface area contributed by atoms with Crippen LogP contribution in [0.3, 0.4) is 0 Å². The summed E-state index contributed by atoms with van der Waals surface area (Å²) in [6.45, 7) is 1.38. The molecule has 0 amide bonds. The number of nitro groups is 1. The normalized spacial score (nSPS) is 26.5. The number of nitrogens with zero attached hydrogens (tertiary/aromatic N) is 1. The SMILES string of the molecule is CC(=O)CCC1([N+](=O)[O-])CCCC1=O. The van der Waals surface area contributed by atoms with Gasteiger partial charge < -0.3 is 4.79 Å². The third-order valence-corrected chi connectivity index (χ3v) is 2.75. The van der Waals surface area contributed by atoms with Gasteiger partial charge in [-0.05, 0) is 13.3 Å². The second kappa shape index (κ2) is 3.86. The predicted molar refractivity (Wildman–Crippen MR) is 48.5 cm³/mol. The van der Waals surface area contributed by atoms with Gasteiger partial charge in [-0.3, -0.25) is 14.9 Å². The first kappa shape index (κ1) is 10.8. The number of Topliss-reactive ketones (excluding diaryl/α,β-unsaturated/α-hetero) is 2. The van der Waals surface area contributed by atoms with Crippen LogP contribution in [0.25, 0.3) is 0 Å². The van der Waals surface area contributed by atoms with Crippen LogP contribution in [0.15, 0.2) is 0 Å². The molecule has 5 heteroatoms. The van der Waals surface area contributed by atoms with E-state index in [4.69, 9.17) is 0 Å². The summed E-state index contributed by atoms with van der Waals surface area (Å²) in [5.41, 5.74) is -1.45. The van der Waals surface area contributed by atoms with E-state index in [1.807, 2.05) is 0 Å². The van der Waals surface area contributed by atoms with Crippen molar-refractivity contribution in [1.29, 1.82) is 0 Å². The molecule has 1 atom stereocenters. The number of rotatable bonds is 4. The van der Waals surface area contributed by atoms with Gasteiger partial charge in [0, 0.05) is 30.6 Å². The summed E-state index contributed by atoms with van der Waals surface area (Å²) in [6.07, 6.45) is 1.31. The van der Waals surface area contributed by atoms with Gasteiger partial charge in [0.05, 0.1) is 0 Å². The fourth-order valence-electron chi connectivity index (χ4n) is 1.85. The Hall–Kier alpha value is -1.26. The molecular weight excluding hydrogens is 186 g/mol. The maximum Gasteiger partial charge on any atom is 0.279 e. The van der Waals surface area contributed by atoms with E-state index in [0.717, 1.165) is 0 Å². The molecule has 1 aliphatic carbocycles. The lowest BCUT2D eigenvalue weighted by Gasteiger charge is -2.16. The Morgan fingerprint density at radius 2 is 2.29 bits per heavy atom. The van der Waals surface area contributed by atoms with E-state index in [9.17, 15) is 19.7 Å². The highest BCUT2D eigenvalue weighted by molar-refractivity contribution is 5.89. The molecule has 1 rings (SSSR count). The summed E-state index contributed by atoms with van der Waals surface area (Å²) in [4.78, 5) is 32.4. The van der Waals surface area contributed by atoms with Gasteiger partial charge in [0.25, 0.3) is 5.54 Å². The van der Waals surface area contributed by atoms with E-state index < -0.39 is 10.5 Å².